The van der Waals surface area contributed by atoms with Gasteiger partial charge in [0.1, 0.15) is 0 Å². The zero-order valence-electron chi connectivity index (χ0n) is 41.6. The second kappa shape index (κ2) is 53.4. The normalized spacial score (nSPS) is 13.3. The van der Waals surface area contributed by atoms with Gasteiger partial charge in [-0.25, -0.2) is 0 Å². The SMILES string of the molecule is CCCCCCC/C=C/CC/C=C/CC/C=C/C(O)C(CO)NC(=O)CCCCCCCCCCCCCCCCCCC/C=C\C/C=C\CCCCCCCCCCCCC. The lowest BCUT2D eigenvalue weighted by Crippen LogP contribution is -2.45. The van der Waals surface area contributed by atoms with Crippen molar-refractivity contribution >= 4 is 5.91 Å². The molecule has 0 aliphatic rings. The van der Waals surface area contributed by atoms with E-state index in [1.807, 2.05) is 6.08 Å². The molecule has 0 aromatic carbocycles. The minimum absolute atomic E-state index is 0.0770. The Morgan fingerprint density at radius 1 is 0.387 bits per heavy atom. The molecule has 3 N–H and O–H groups in total. The molecule has 62 heavy (non-hydrogen) atoms. The summed E-state index contributed by atoms with van der Waals surface area (Å²) in [7, 11) is 0. The van der Waals surface area contributed by atoms with Crippen molar-refractivity contribution in [3.63, 3.8) is 0 Å². The van der Waals surface area contributed by atoms with Crippen LogP contribution in [0.2, 0.25) is 0 Å². The average molecular weight is 866 g/mol. The van der Waals surface area contributed by atoms with E-state index in [1.54, 1.807) is 6.08 Å². The standard InChI is InChI=1S/C58H107NO3/c1-3-5-7-9-11-13-15-17-19-20-21-22-23-24-25-26-27-28-29-30-31-32-33-34-35-36-37-38-40-42-44-46-48-50-52-54-58(62)59-56(55-60)57(61)53-51-49-47-45-43-41-39-18-16-14-12-10-8-6-4-2/h16,18,23-24,26-27,43,45,51,53,56-57,60-61H,3-15,17,19-22,25,28-42,44,46-50,52,54-55H2,1-2H3,(H,59,62)/b18-16+,24-23-,27-26-,45-43+,53-51+. The highest BCUT2D eigenvalue weighted by Crippen LogP contribution is 2.16. The molecule has 0 radical (unpaired) electrons. The van der Waals surface area contributed by atoms with E-state index in [4.69, 9.17) is 0 Å². The van der Waals surface area contributed by atoms with Gasteiger partial charge in [-0.1, -0.05) is 261 Å². The molecule has 0 heterocycles. The van der Waals surface area contributed by atoms with Crippen LogP contribution in [0.1, 0.15) is 284 Å². The van der Waals surface area contributed by atoms with Crippen molar-refractivity contribution in [1.29, 1.82) is 0 Å². The van der Waals surface area contributed by atoms with Crippen molar-refractivity contribution < 1.29 is 15.0 Å². The highest BCUT2D eigenvalue weighted by Gasteiger charge is 2.17. The maximum absolute atomic E-state index is 12.4. The Labute approximate surface area is 387 Å². The molecular formula is C58H107NO3. The first-order valence-corrected chi connectivity index (χ1v) is 27.5. The minimum Gasteiger partial charge on any atom is -0.394 e. The van der Waals surface area contributed by atoms with Crippen molar-refractivity contribution in [2.45, 2.75) is 296 Å². The Bertz CT molecular complexity index is 1030. The number of aliphatic hydroxyl groups excluding tert-OH is 2. The quantitative estimate of drug-likeness (QED) is 0.0421. The van der Waals surface area contributed by atoms with Crippen LogP contribution in [-0.4, -0.2) is 34.9 Å². The zero-order valence-corrected chi connectivity index (χ0v) is 41.6. The summed E-state index contributed by atoms with van der Waals surface area (Å²) in [5.41, 5.74) is 0. The smallest absolute Gasteiger partial charge is 0.220 e. The molecule has 0 saturated heterocycles. The Balaban J connectivity index is 3.48. The van der Waals surface area contributed by atoms with Crippen LogP contribution < -0.4 is 5.32 Å². The fraction of sp³-hybridized carbons (Fsp3) is 0.810. The van der Waals surface area contributed by atoms with Gasteiger partial charge in [0.25, 0.3) is 0 Å². The van der Waals surface area contributed by atoms with Gasteiger partial charge < -0.3 is 15.5 Å². The topological polar surface area (TPSA) is 69.6 Å². The average Bonchev–Trinajstić information content (AvgIpc) is 3.28. The Morgan fingerprint density at radius 2 is 0.677 bits per heavy atom. The third-order valence-electron chi connectivity index (χ3n) is 12.5. The number of rotatable bonds is 50. The van der Waals surface area contributed by atoms with Crippen LogP contribution >= 0.6 is 0 Å². The highest BCUT2D eigenvalue weighted by molar-refractivity contribution is 5.76. The maximum Gasteiger partial charge on any atom is 0.220 e. The molecular weight excluding hydrogens is 759 g/mol. The van der Waals surface area contributed by atoms with Crippen molar-refractivity contribution in [2.24, 2.45) is 0 Å². The number of nitrogens with one attached hydrogen (secondary N) is 1. The van der Waals surface area contributed by atoms with Crippen LogP contribution in [0.3, 0.4) is 0 Å². The van der Waals surface area contributed by atoms with E-state index in [0.717, 1.165) is 44.9 Å². The molecule has 0 bridgehead atoms. The molecule has 0 spiro atoms. The molecule has 0 aliphatic heterocycles. The molecule has 0 aromatic heterocycles. The molecule has 1 amide bonds. The van der Waals surface area contributed by atoms with Gasteiger partial charge in [0.05, 0.1) is 18.8 Å². The van der Waals surface area contributed by atoms with E-state index in [2.05, 4.69) is 67.8 Å². The van der Waals surface area contributed by atoms with Gasteiger partial charge >= 0.3 is 0 Å². The Kier molecular flexibility index (Phi) is 51.8. The summed E-state index contributed by atoms with van der Waals surface area (Å²) in [4.78, 5) is 12.4. The summed E-state index contributed by atoms with van der Waals surface area (Å²) in [5, 5.41) is 23.0. The van der Waals surface area contributed by atoms with Gasteiger partial charge in [0.2, 0.25) is 5.91 Å². The van der Waals surface area contributed by atoms with E-state index in [0.29, 0.717) is 6.42 Å². The highest BCUT2D eigenvalue weighted by atomic mass is 16.3. The van der Waals surface area contributed by atoms with E-state index < -0.39 is 12.1 Å². The van der Waals surface area contributed by atoms with Gasteiger partial charge in [-0.15, -0.1) is 0 Å². The third kappa shape index (κ3) is 49.1. The second-order valence-corrected chi connectivity index (χ2v) is 18.6. The second-order valence-electron chi connectivity index (χ2n) is 18.6. The lowest BCUT2D eigenvalue weighted by molar-refractivity contribution is -0.123. The zero-order chi connectivity index (χ0) is 44.9. The molecule has 2 unspecified atom stereocenters. The number of hydrogen-bond acceptors (Lipinski definition) is 3. The third-order valence-corrected chi connectivity index (χ3v) is 12.5. The van der Waals surface area contributed by atoms with Crippen LogP contribution in [-0.2, 0) is 4.79 Å². The number of carbonyl (C=O) groups is 1. The van der Waals surface area contributed by atoms with Gasteiger partial charge in [-0.05, 0) is 77.0 Å². The molecule has 0 aromatic rings. The number of allylic oxidation sites excluding steroid dienone is 9. The minimum atomic E-state index is -0.871. The Hall–Kier alpha value is -1.91. The van der Waals surface area contributed by atoms with E-state index >= 15 is 0 Å². The number of carbonyl (C=O) groups excluding carboxylic acids is 1. The molecule has 0 rings (SSSR count). The monoisotopic (exact) mass is 866 g/mol. The molecule has 0 fully saturated rings. The van der Waals surface area contributed by atoms with Gasteiger partial charge in [0, 0.05) is 6.42 Å². The lowest BCUT2D eigenvalue weighted by atomic mass is 10.0. The summed E-state index contributed by atoms with van der Waals surface area (Å²) in [6.45, 7) is 4.29. The number of aliphatic hydroxyl groups is 2. The van der Waals surface area contributed by atoms with Gasteiger partial charge in [-0.2, -0.15) is 0 Å². The summed E-state index contributed by atoms with van der Waals surface area (Å²) in [6.07, 6.45) is 75.3. The summed E-state index contributed by atoms with van der Waals surface area (Å²) < 4.78 is 0. The van der Waals surface area contributed by atoms with Crippen molar-refractivity contribution in [3.8, 4) is 0 Å². The fourth-order valence-corrected chi connectivity index (χ4v) is 8.24. The molecule has 0 aliphatic carbocycles. The summed E-state index contributed by atoms with van der Waals surface area (Å²) >= 11 is 0. The first kappa shape index (κ1) is 60.1. The Morgan fingerprint density at radius 3 is 1.03 bits per heavy atom. The van der Waals surface area contributed by atoms with Gasteiger partial charge in [0.15, 0.2) is 0 Å². The molecule has 0 saturated carbocycles. The lowest BCUT2D eigenvalue weighted by Gasteiger charge is -2.19. The number of amides is 1. The first-order chi connectivity index (χ1) is 30.7. The first-order valence-electron chi connectivity index (χ1n) is 27.5. The molecule has 4 nitrogen and oxygen atoms in total. The molecule has 2 atom stereocenters. The molecule has 362 valence electrons. The predicted molar refractivity (Wildman–Crippen MR) is 276 cm³/mol. The maximum atomic E-state index is 12.4. The predicted octanol–water partition coefficient (Wildman–Crippen LogP) is 18.0. The fourth-order valence-electron chi connectivity index (χ4n) is 8.24. The number of unbranched alkanes of at least 4 members (excludes halogenated alkanes) is 35. The van der Waals surface area contributed by atoms with Crippen molar-refractivity contribution in [1.82, 2.24) is 5.32 Å². The molecule has 4 heteroatoms. The van der Waals surface area contributed by atoms with Crippen molar-refractivity contribution in [3.05, 3.63) is 60.8 Å². The largest absolute Gasteiger partial charge is 0.394 e. The van der Waals surface area contributed by atoms with E-state index in [1.165, 1.54) is 218 Å². The van der Waals surface area contributed by atoms with Crippen LogP contribution in [0.25, 0.3) is 0 Å². The van der Waals surface area contributed by atoms with Crippen LogP contribution in [0.5, 0.6) is 0 Å². The van der Waals surface area contributed by atoms with E-state index in [-0.39, 0.29) is 12.5 Å². The van der Waals surface area contributed by atoms with E-state index in [9.17, 15) is 15.0 Å². The summed E-state index contributed by atoms with van der Waals surface area (Å²) in [6, 6.07) is -0.646. The van der Waals surface area contributed by atoms with Crippen molar-refractivity contribution in [2.75, 3.05) is 6.61 Å². The van der Waals surface area contributed by atoms with Crippen LogP contribution in [0, 0.1) is 0 Å². The number of hydrogen-bond donors (Lipinski definition) is 3. The van der Waals surface area contributed by atoms with Crippen LogP contribution in [0.15, 0.2) is 60.8 Å². The summed E-state index contributed by atoms with van der Waals surface area (Å²) in [5.74, 6) is -0.0770. The van der Waals surface area contributed by atoms with Gasteiger partial charge in [-0.3, -0.25) is 4.79 Å². The van der Waals surface area contributed by atoms with Crippen LogP contribution in [0.4, 0.5) is 0 Å².